The molecule has 2 aromatic rings. The summed E-state index contributed by atoms with van der Waals surface area (Å²) in [6.45, 7) is 5.60. The number of carbonyl (C=O) groups excluding carboxylic acids is 1. The fourth-order valence-electron chi connectivity index (χ4n) is 2.72. The monoisotopic (exact) mass is 360 g/mol. The molecule has 0 saturated heterocycles. The number of ether oxygens (including phenoxy) is 2. The van der Waals surface area contributed by atoms with Crippen molar-refractivity contribution in [3.63, 3.8) is 0 Å². The van der Waals surface area contributed by atoms with Gasteiger partial charge in [0.25, 0.3) is 0 Å². The first-order valence-corrected chi connectivity index (χ1v) is 8.91. The summed E-state index contributed by atoms with van der Waals surface area (Å²) in [5.74, 6) is 1.41. The molecular formula is C19H28N4O3. The van der Waals surface area contributed by atoms with Gasteiger partial charge in [-0.3, -0.25) is 9.48 Å². The minimum Gasteiger partial charge on any atom is -0.490 e. The molecule has 2 N–H and O–H groups in total. The number of likely N-dealkylation sites (N-methyl/N-ethyl adjacent to an activating group) is 1. The molecule has 1 amide bonds. The molecule has 7 nitrogen and oxygen atoms in total. The Morgan fingerprint density at radius 1 is 1.23 bits per heavy atom. The molecule has 0 radical (unpaired) electrons. The molecule has 0 aliphatic rings. The summed E-state index contributed by atoms with van der Waals surface area (Å²) in [6.07, 6.45) is 4.24. The third kappa shape index (κ3) is 5.23. The number of hydrogen-bond donors (Lipinski definition) is 2. The minimum absolute atomic E-state index is 0.0727. The van der Waals surface area contributed by atoms with Gasteiger partial charge >= 0.3 is 0 Å². The highest BCUT2D eigenvalue weighted by molar-refractivity contribution is 5.83. The van der Waals surface area contributed by atoms with Gasteiger partial charge in [-0.15, -0.1) is 0 Å². The number of carbonyl (C=O) groups is 1. The lowest BCUT2D eigenvalue weighted by Gasteiger charge is -2.15. The minimum atomic E-state index is -0.414. The van der Waals surface area contributed by atoms with E-state index in [1.165, 1.54) is 0 Å². The number of amides is 1. The predicted octanol–water partition coefficient (Wildman–Crippen LogP) is 1.84. The van der Waals surface area contributed by atoms with Crippen molar-refractivity contribution in [3.8, 4) is 11.5 Å². The van der Waals surface area contributed by atoms with Crippen LogP contribution in [-0.2, 0) is 18.3 Å². The number of aryl methyl sites for hydroxylation is 1. The third-order valence-corrected chi connectivity index (χ3v) is 3.93. The van der Waals surface area contributed by atoms with Gasteiger partial charge in [-0.2, -0.15) is 5.10 Å². The normalized spacial score (nSPS) is 11.8. The maximum Gasteiger partial charge on any atom is 0.241 e. The van der Waals surface area contributed by atoms with E-state index in [1.54, 1.807) is 17.9 Å². The Kier molecular flexibility index (Phi) is 7.47. The molecule has 0 fully saturated rings. The fourth-order valence-corrected chi connectivity index (χ4v) is 2.72. The summed E-state index contributed by atoms with van der Waals surface area (Å²) in [4.78, 5) is 12.4. The number of hydrogen-bond acceptors (Lipinski definition) is 5. The predicted molar refractivity (Wildman–Crippen MR) is 101 cm³/mol. The lowest BCUT2D eigenvalue weighted by molar-refractivity contribution is -0.123. The smallest absolute Gasteiger partial charge is 0.241 e. The van der Waals surface area contributed by atoms with E-state index in [-0.39, 0.29) is 5.91 Å². The maximum absolute atomic E-state index is 12.4. The van der Waals surface area contributed by atoms with E-state index < -0.39 is 6.04 Å². The Labute approximate surface area is 154 Å². The van der Waals surface area contributed by atoms with Crippen molar-refractivity contribution in [1.82, 2.24) is 20.4 Å². The molecule has 0 bridgehead atoms. The van der Waals surface area contributed by atoms with Crippen molar-refractivity contribution in [2.24, 2.45) is 7.05 Å². The fraction of sp³-hybridized carbons (Fsp3) is 0.474. The Hall–Kier alpha value is -2.54. The van der Waals surface area contributed by atoms with Crippen LogP contribution in [0.1, 0.15) is 31.0 Å². The Balaban J connectivity index is 1.93. The van der Waals surface area contributed by atoms with Crippen LogP contribution in [0, 0.1) is 0 Å². The van der Waals surface area contributed by atoms with Gasteiger partial charge in [-0.05, 0) is 45.0 Å². The molecule has 1 aromatic carbocycles. The van der Waals surface area contributed by atoms with Crippen LogP contribution in [0.15, 0.2) is 30.6 Å². The Morgan fingerprint density at radius 3 is 2.58 bits per heavy atom. The SMILES string of the molecule is CCOc1ccc(CCNC(=O)C(NC)c2cnn(C)c2)cc1OCC. The molecule has 26 heavy (non-hydrogen) atoms. The highest BCUT2D eigenvalue weighted by Crippen LogP contribution is 2.28. The average molecular weight is 360 g/mol. The number of nitrogens with zero attached hydrogens (tertiary/aromatic N) is 2. The molecule has 0 aliphatic carbocycles. The van der Waals surface area contributed by atoms with Gasteiger partial charge in [-0.25, -0.2) is 0 Å². The van der Waals surface area contributed by atoms with Crippen LogP contribution in [0.2, 0.25) is 0 Å². The van der Waals surface area contributed by atoms with Crippen molar-refractivity contribution < 1.29 is 14.3 Å². The average Bonchev–Trinajstić information content (AvgIpc) is 3.04. The van der Waals surface area contributed by atoms with E-state index in [0.717, 1.165) is 22.6 Å². The number of nitrogens with one attached hydrogen (secondary N) is 2. The standard InChI is InChI=1S/C19H28N4O3/c1-5-25-16-8-7-14(11-17(16)26-6-2)9-10-21-19(24)18(20-3)15-12-22-23(4)13-15/h7-8,11-13,18,20H,5-6,9-10H2,1-4H3,(H,21,24). The van der Waals surface area contributed by atoms with E-state index in [1.807, 2.05) is 45.3 Å². The van der Waals surface area contributed by atoms with Crippen LogP contribution in [0.3, 0.4) is 0 Å². The van der Waals surface area contributed by atoms with Crippen molar-refractivity contribution in [3.05, 3.63) is 41.7 Å². The number of aromatic nitrogens is 2. The molecule has 1 aromatic heterocycles. The molecule has 0 spiro atoms. The van der Waals surface area contributed by atoms with Crippen LogP contribution in [0.4, 0.5) is 0 Å². The van der Waals surface area contributed by atoms with Gasteiger partial charge in [0.15, 0.2) is 11.5 Å². The molecule has 1 unspecified atom stereocenters. The topological polar surface area (TPSA) is 77.4 Å². The van der Waals surface area contributed by atoms with Crippen molar-refractivity contribution in [2.45, 2.75) is 26.3 Å². The highest BCUT2D eigenvalue weighted by atomic mass is 16.5. The number of benzene rings is 1. The molecular weight excluding hydrogens is 332 g/mol. The van der Waals surface area contributed by atoms with Gasteiger partial charge in [0.2, 0.25) is 5.91 Å². The second kappa shape index (κ2) is 9.82. The zero-order valence-corrected chi connectivity index (χ0v) is 15.9. The van der Waals surface area contributed by atoms with E-state index in [4.69, 9.17) is 9.47 Å². The lowest BCUT2D eigenvalue weighted by atomic mass is 10.1. The quantitative estimate of drug-likeness (QED) is 0.676. The highest BCUT2D eigenvalue weighted by Gasteiger charge is 2.19. The summed E-state index contributed by atoms with van der Waals surface area (Å²) in [5, 5.41) is 10.1. The van der Waals surface area contributed by atoms with Gasteiger partial charge < -0.3 is 20.1 Å². The summed E-state index contributed by atoms with van der Waals surface area (Å²) in [5.41, 5.74) is 1.92. The maximum atomic E-state index is 12.4. The van der Waals surface area contributed by atoms with E-state index in [9.17, 15) is 4.79 Å². The molecule has 0 saturated carbocycles. The van der Waals surface area contributed by atoms with Crippen molar-refractivity contribution in [2.75, 3.05) is 26.8 Å². The molecule has 0 aliphatic heterocycles. The summed E-state index contributed by atoms with van der Waals surface area (Å²) >= 11 is 0. The van der Waals surface area contributed by atoms with Crippen molar-refractivity contribution >= 4 is 5.91 Å². The van der Waals surface area contributed by atoms with Crippen LogP contribution < -0.4 is 20.1 Å². The van der Waals surface area contributed by atoms with Crippen LogP contribution in [0.25, 0.3) is 0 Å². The zero-order chi connectivity index (χ0) is 18.9. The summed E-state index contributed by atoms with van der Waals surface area (Å²) < 4.78 is 12.9. The number of rotatable bonds is 10. The van der Waals surface area contributed by atoms with E-state index in [2.05, 4.69) is 15.7 Å². The molecule has 1 atom stereocenters. The van der Waals surface area contributed by atoms with Gasteiger partial charge in [0.1, 0.15) is 6.04 Å². The molecule has 2 rings (SSSR count). The molecule has 142 valence electrons. The van der Waals surface area contributed by atoms with E-state index >= 15 is 0 Å². The van der Waals surface area contributed by atoms with Crippen LogP contribution in [0.5, 0.6) is 11.5 Å². The van der Waals surface area contributed by atoms with Crippen LogP contribution >= 0.6 is 0 Å². The molecule has 7 heteroatoms. The van der Waals surface area contributed by atoms with E-state index in [0.29, 0.717) is 26.2 Å². The second-order valence-electron chi connectivity index (χ2n) is 5.86. The van der Waals surface area contributed by atoms with Gasteiger partial charge in [0, 0.05) is 25.4 Å². The zero-order valence-electron chi connectivity index (χ0n) is 15.9. The largest absolute Gasteiger partial charge is 0.490 e. The first-order valence-electron chi connectivity index (χ1n) is 8.91. The van der Waals surface area contributed by atoms with Crippen LogP contribution in [-0.4, -0.2) is 42.5 Å². The first kappa shape index (κ1) is 19.8. The van der Waals surface area contributed by atoms with Gasteiger partial charge in [0.05, 0.1) is 19.4 Å². The first-order chi connectivity index (χ1) is 12.6. The Morgan fingerprint density at radius 2 is 1.96 bits per heavy atom. The summed E-state index contributed by atoms with van der Waals surface area (Å²) in [7, 11) is 3.59. The van der Waals surface area contributed by atoms with Crippen molar-refractivity contribution in [1.29, 1.82) is 0 Å². The Bertz CT molecular complexity index is 715. The third-order valence-electron chi connectivity index (χ3n) is 3.93. The van der Waals surface area contributed by atoms with Gasteiger partial charge in [-0.1, -0.05) is 6.07 Å². The lowest BCUT2D eigenvalue weighted by Crippen LogP contribution is -2.36. The second-order valence-corrected chi connectivity index (χ2v) is 5.86. The molecule has 1 heterocycles. The summed E-state index contributed by atoms with van der Waals surface area (Å²) in [6, 6.07) is 5.47.